The summed E-state index contributed by atoms with van der Waals surface area (Å²) in [6.45, 7) is 6.59. The lowest BCUT2D eigenvalue weighted by atomic mass is 9.64. The number of aryl methyl sites for hydroxylation is 1. The molecule has 1 aromatic carbocycles. The Morgan fingerprint density at radius 1 is 1.41 bits per heavy atom. The maximum absolute atomic E-state index is 6.10. The van der Waals surface area contributed by atoms with E-state index in [9.17, 15) is 0 Å². The summed E-state index contributed by atoms with van der Waals surface area (Å²) < 4.78 is 7.14. The van der Waals surface area contributed by atoms with Crippen LogP contribution in [0.1, 0.15) is 25.8 Å². The molecule has 1 N–H and O–H groups in total. The molecule has 0 radical (unpaired) electrons. The van der Waals surface area contributed by atoms with Gasteiger partial charge in [0.25, 0.3) is 0 Å². The van der Waals surface area contributed by atoms with Crippen LogP contribution >= 0.6 is 15.9 Å². The zero-order valence-electron chi connectivity index (χ0n) is 10.9. The van der Waals surface area contributed by atoms with Gasteiger partial charge in [-0.3, -0.25) is 0 Å². The summed E-state index contributed by atoms with van der Waals surface area (Å²) in [6.07, 6.45) is 1.36. The standard InChI is InChI=1S/C14H20BrNO/c1-9-5-6-11(10(15)7-9)17-13-8-12(16-4)14(13,2)3/h5-7,12-13,16H,8H2,1-4H3. The number of benzene rings is 1. The normalized spacial score (nSPS) is 26.4. The largest absolute Gasteiger partial charge is 0.489 e. The fraction of sp³-hybridized carbons (Fsp3) is 0.571. The van der Waals surface area contributed by atoms with Gasteiger partial charge in [0.15, 0.2) is 0 Å². The first-order valence-corrected chi connectivity index (χ1v) is 6.84. The minimum Gasteiger partial charge on any atom is -0.489 e. The second-order valence-corrected chi connectivity index (χ2v) is 6.29. The third-order valence-electron chi connectivity index (χ3n) is 3.88. The van der Waals surface area contributed by atoms with Crippen molar-refractivity contribution < 1.29 is 4.74 Å². The van der Waals surface area contributed by atoms with Crippen molar-refractivity contribution in [3.63, 3.8) is 0 Å². The van der Waals surface area contributed by atoms with Gasteiger partial charge in [0, 0.05) is 17.9 Å². The predicted molar refractivity (Wildman–Crippen MR) is 74.5 cm³/mol. The van der Waals surface area contributed by atoms with E-state index in [0.29, 0.717) is 12.1 Å². The van der Waals surface area contributed by atoms with Crippen LogP contribution in [0.25, 0.3) is 0 Å². The summed E-state index contributed by atoms with van der Waals surface area (Å²) in [5.74, 6) is 0.947. The number of hydrogen-bond donors (Lipinski definition) is 1. The van der Waals surface area contributed by atoms with Crippen LogP contribution < -0.4 is 10.1 Å². The summed E-state index contributed by atoms with van der Waals surface area (Å²) >= 11 is 3.56. The molecule has 0 amide bonds. The highest BCUT2D eigenvalue weighted by molar-refractivity contribution is 9.10. The Balaban J connectivity index is 2.08. The van der Waals surface area contributed by atoms with Crippen molar-refractivity contribution in [3.05, 3.63) is 28.2 Å². The first kappa shape index (κ1) is 12.9. The van der Waals surface area contributed by atoms with E-state index in [2.05, 4.69) is 54.2 Å². The Labute approximate surface area is 112 Å². The summed E-state index contributed by atoms with van der Waals surface area (Å²) in [5.41, 5.74) is 1.43. The van der Waals surface area contributed by atoms with Crippen LogP contribution in [0.2, 0.25) is 0 Å². The molecule has 17 heavy (non-hydrogen) atoms. The SMILES string of the molecule is CNC1CC(Oc2ccc(C)cc2Br)C1(C)C. The second kappa shape index (κ2) is 4.62. The average molecular weight is 298 g/mol. The minimum absolute atomic E-state index is 0.194. The lowest BCUT2D eigenvalue weighted by Gasteiger charge is -2.51. The van der Waals surface area contributed by atoms with Crippen LogP contribution in [0, 0.1) is 12.3 Å². The monoisotopic (exact) mass is 297 g/mol. The topological polar surface area (TPSA) is 21.3 Å². The van der Waals surface area contributed by atoms with Gasteiger partial charge >= 0.3 is 0 Å². The fourth-order valence-corrected chi connectivity index (χ4v) is 3.02. The molecule has 1 saturated carbocycles. The van der Waals surface area contributed by atoms with Crippen molar-refractivity contribution in [2.24, 2.45) is 5.41 Å². The van der Waals surface area contributed by atoms with Crippen molar-refractivity contribution >= 4 is 15.9 Å². The lowest BCUT2D eigenvalue weighted by molar-refractivity contribution is -0.0524. The van der Waals surface area contributed by atoms with Crippen molar-refractivity contribution in [1.29, 1.82) is 0 Å². The van der Waals surface area contributed by atoms with E-state index < -0.39 is 0 Å². The molecular formula is C14H20BrNO. The predicted octanol–water partition coefficient (Wildman–Crippen LogP) is 3.52. The van der Waals surface area contributed by atoms with Crippen LogP contribution in [-0.4, -0.2) is 19.2 Å². The molecule has 0 spiro atoms. The molecule has 0 aliphatic heterocycles. The molecule has 1 aliphatic rings. The van der Waals surface area contributed by atoms with E-state index in [1.54, 1.807) is 0 Å². The number of nitrogens with one attached hydrogen (secondary N) is 1. The van der Waals surface area contributed by atoms with Gasteiger partial charge in [-0.05, 0) is 47.6 Å². The molecule has 0 bridgehead atoms. The highest BCUT2D eigenvalue weighted by Crippen LogP contribution is 2.43. The maximum atomic E-state index is 6.10. The van der Waals surface area contributed by atoms with E-state index in [0.717, 1.165) is 16.6 Å². The Bertz CT molecular complexity index is 417. The average Bonchev–Trinajstić information content (AvgIpc) is 2.26. The lowest BCUT2D eigenvalue weighted by Crippen LogP contribution is -2.61. The van der Waals surface area contributed by atoms with Gasteiger partial charge in [-0.2, -0.15) is 0 Å². The summed E-state index contributed by atoms with van der Waals surface area (Å²) in [5, 5.41) is 3.34. The first-order valence-electron chi connectivity index (χ1n) is 6.05. The zero-order chi connectivity index (χ0) is 12.6. The molecule has 0 aromatic heterocycles. The van der Waals surface area contributed by atoms with Gasteiger partial charge < -0.3 is 10.1 Å². The maximum Gasteiger partial charge on any atom is 0.133 e. The number of rotatable bonds is 3. The summed E-state index contributed by atoms with van der Waals surface area (Å²) in [7, 11) is 2.02. The summed E-state index contributed by atoms with van der Waals surface area (Å²) in [6, 6.07) is 6.77. The van der Waals surface area contributed by atoms with E-state index in [-0.39, 0.29) is 5.41 Å². The quantitative estimate of drug-likeness (QED) is 0.922. The van der Waals surface area contributed by atoms with Crippen molar-refractivity contribution in [1.82, 2.24) is 5.32 Å². The Hall–Kier alpha value is -0.540. The van der Waals surface area contributed by atoms with Crippen molar-refractivity contribution in [3.8, 4) is 5.75 Å². The molecule has 2 unspecified atom stereocenters. The first-order chi connectivity index (χ1) is 7.95. The molecule has 94 valence electrons. The van der Waals surface area contributed by atoms with Gasteiger partial charge in [0.05, 0.1) is 4.47 Å². The smallest absolute Gasteiger partial charge is 0.133 e. The molecule has 1 aliphatic carbocycles. The highest BCUT2D eigenvalue weighted by Gasteiger charge is 2.49. The van der Waals surface area contributed by atoms with Crippen LogP contribution in [0.3, 0.4) is 0 Å². The third kappa shape index (κ3) is 2.36. The Kier molecular flexibility index (Phi) is 3.50. The van der Waals surface area contributed by atoms with Gasteiger partial charge in [-0.25, -0.2) is 0 Å². The van der Waals surface area contributed by atoms with E-state index in [1.807, 2.05) is 13.1 Å². The molecule has 2 atom stereocenters. The molecule has 1 fully saturated rings. The van der Waals surface area contributed by atoms with Gasteiger partial charge in [0.1, 0.15) is 11.9 Å². The van der Waals surface area contributed by atoms with Crippen molar-refractivity contribution in [2.75, 3.05) is 7.05 Å². The Morgan fingerprint density at radius 3 is 2.65 bits per heavy atom. The van der Waals surface area contributed by atoms with Crippen LogP contribution in [-0.2, 0) is 0 Å². The van der Waals surface area contributed by atoms with Crippen LogP contribution in [0.15, 0.2) is 22.7 Å². The number of hydrogen-bond acceptors (Lipinski definition) is 2. The molecule has 1 aromatic rings. The number of halogens is 1. The third-order valence-corrected chi connectivity index (χ3v) is 4.50. The second-order valence-electron chi connectivity index (χ2n) is 5.44. The molecule has 2 rings (SSSR count). The van der Waals surface area contributed by atoms with Gasteiger partial charge in [-0.15, -0.1) is 0 Å². The molecule has 2 nitrogen and oxygen atoms in total. The van der Waals surface area contributed by atoms with Crippen LogP contribution in [0.4, 0.5) is 0 Å². The van der Waals surface area contributed by atoms with Gasteiger partial charge in [0.2, 0.25) is 0 Å². The Morgan fingerprint density at radius 2 is 2.12 bits per heavy atom. The van der Waals surface area contributed by atoms with Crippen molar-refractivity contribution in [2.45, 2.75) is 39.3 Å². The molecule has 0 heterocycles. The van der Waals surface area contributed by atoms with Crippen LogP contribution in [0.5, 0.6) is 5.75 Å². The summed E-state index contributed by atoms with van der Waals surface area (Å²) in [4.78, 5) is 0. The fourth-order valence-electron chi connectivity index (χ4n) is 2.43. The van der Waals surface area contributed by atoms with E-state index in [1.165, 1.54) is 5.56 Å². The molecule has 0 saturated heterocycles. The van der Waals surface area contributed by atoms with E-state index in [4.69, 9.17) is 4.74 Å². The molecule has 3 heteroatoms. The van der Waals surface area contributed by atoms with E-state index >= 15 is 0 Å². The minimum atomic E-state index is 0.194. The van der Waals surface area contributed by atoms with Gasteiger partial charge in [-0.1, -0.05) is 19.9 Å². The zero-order valence-corrected chi connectivity index (χ0v) is 12.5. The number of ether oxygens (including phenoxy) is 1. The molecular weight excluding hydrogens is 278 g/mol. The highest BCUT2D eigenvalue weighted by atomic mass is 79.9.